The number of benzene rings is 1. The minimum atomic E-state index is 1.06. The van der Waals surface area contributed by atoms with Gasteiger partial charge in [-0.15, -0.1) is 12.6 Å². The van der Waals surface area contributed by atoms with E-state index in [9.17, 15) is 0 Å². The van der Waals surface area contributed by atoms with Crippen LogP contribution in [-0.2, 0) is 0 Å². The van der Waals surface area contributed by atoms with Gasteiger partial charge in [-0.05, 0) is 30.5 Å². The molecule has 0 amide bonds. The van der Waals surface area contributed by atoms with Crippen LogP contribution < -0.4 is 0 Å². The number of hydrogen-bond donors (Lipinski definition) is 1. The van der Waals surface area contributed by atoms with Crippen molar-refractivity contribution in [3.8, 4) is 0 Å². The number of unbranched alkanes of at least 4 members (excludes halogenated alkanes) is 1. The molecule has 0 fully saturated rings. The highest BCUT2D eigenvalue weighted by Gasteiger charge is 1.92. The first-order valence-electron chi connectivity index (χ1n) is 4.70. The molecule has 0 spiro atoms. The maximum atomic E-state index is 4.33. The van der Waals surface area contributed by atoms with Crippen LogP contribution in [0.5, 0.6) is 0 Å². The van der Waals surface area contributed by atoms with Crippen LogP contribution in [0, 0.1) is 6.92 Å². The molecule has 0 aliphatic rings. The summed E-state index contributed by atoms with van der Waals surface area (Å²) < 4.78 is 0. The zero-order chi connectivity index (χ0) is 9.68. The maximum Gasteiger partial charge on any atom is 0.00696 e. The zero-order valence-electron chi connectivity index (χ0n) is 8.25. The van der Waals surface area contributed by atoms with Gasteiger partial charge in [0.15, 0.2) is 0 Å². The van der Waals surface area contributed by atoms with E-state index in [4.69, 9.17) is 0 Å². The van der Waals surface area contributed by atoms with E-state index in [1.165, 1.54) is 17.5 Å². The summed E-state index contributed by atoms with van der Waals surface area (Å²) in [6.07, 6.45) is 6.75. The van der Waals surface area contributed by atoms with Crippen LogP contribution in [0.4, 0.5) is 0 Å². The molecule has 1 aromatic rings. The highest BCUT2D eigenvalue weighted by molar-refractivity contribution is 7.80. The third-order valence-electron chi connectivity index (χ3n) is 1.99. The average Bonchev–Trinajstić information content (AvgIpc) is 2.12. The van der Waals surface area contributed by atoms with Crippen molar-refractivity contribution in [2.24, 2.45) is 0 Å². The number of allylic oxidation sites excluding steroid dienone is 1. The summed E-state index contributed by atoms with van der Waals surface area (Å²) in [6, 6.07) is 6.31. The molecule has 0 saturated carbocycles. The van der Waals surface area contributed by atoms with Crippen LogP contribution in [0.3, 0.4) is 0 Å². The van der Waals surface area contributed by atoms with E-state index in [-0.39, 0.29) is 0 Å². The van der Waals surface area contributed by atoms with Gasteiger partial charge < -0.3 is 0 Å². The van der Waals surface area contributed by atoms with Gasteiger partial charge in [0.1, 0.15) is 0 Å². The quantitative estimate of drug-likeness (QED) is 0.685. The Morgan fingerprint density at radius 2 is 2.15 bits per heavy atom. The minimum absolute atomic E-state index is 1.06. The van der Waals surface area contributed by atoms with Crippen molar-refractivity contribution in [2.75, 3.05) is 0 Å². The second kappa shape index (κ2) is 5.13. The van der Waals surface area contributed by atoms with Crippen LogP contribution in [0.25, 0.3) is 6.08 Å². The SMILES string of the molecule is CCC/C=C/c1ccc(S)c(C)c1. The van der Waals surface area contributed by atoms with Gasteiger partial charge in [-0.2, -0.15) is 0 Å². The molecule has 0 N–H and O–H groups in total. The Morgan fingerprint density at radius 1 is 1.38 bits per heavy atom. The van der Waals surface area contributed by atoms with E-state index in [1.54, 1.807) is 0 Å². The molecular weight excluding hydrogens is 176 g/mol. The van der Waals surface area contributed by atoms with Crippen LogP contribution in [0.2, 0.25) is 0 Å². The predicted molar refractivity (Wildman–Crippen MR) is 62.4 cm³/mol. The predicted octanol–water partition coefficient (Wildman–Crippen LogP) is 4.10. The fourth-order valence-corrected chi connectivity index (χ4v) is 1.31. The summed E-state index contributed by atoms with van der Waals surface area (Å²) in [5, 5.41) is 0. The second-order valence-corrected chi connectivity index (χ2v) is 3.72. The third-order valence-corrected chi connectivity index (χ3v) is 2.49. The van der Waals surface area contributed by atoms with E-state index < -0.39 is 0 Å². The normalized spacial score (nSPS) is 11.0. The summed E-state index contributed by atoms with van der Waals surface area (Å²) in [5.41, 5.74) is 2.51. The van der Waals surface area contributed by atoms with Gasteiger partial charge in [-0.1, -0.05) is 37.6 Å². The van der Waals surface area contributed by atoms with Crippen LogP contribution in [0.15, 0.2) is 29.2 Å². The topological polar surface area (TPSA) is 0 Å². The van der Waals surface area contributed by atoms with E-state index in [0.29, 0.717) is 0 Å². The van der Waals surface area contributed by atoms with Gasteiger partial charge >= 0.3 is 0 Å². The van der Waals surface area contributed by atoms with Crippen LogP contribution >= 0.6 is 12.6 Å². The van der Waals surface area contributed by atoms with Crippen LogP contribution in [0.1, 0.15) is 30.9 Å². The van der Waals surface area contributed by atoms with Crippen molar-refractivity contribution in [3.63, 3.8) is 0 Å². The fraction of sp³-hybridized carbons (Fsp3) is 0.333. The highest BCUT2D eigenvalue weighted by atomic mass is 32.1. The molecule has 0 aromatic heterocycles. The molecule has 0 radical (unpaired) electrons. The number of rotatable bonds is 3. The molecule has 0 bridgehead atoms. The Hall–Kier alpha value is -0.690. The van der Waals surface area contributed by atoms with Crippen molar-refractivity contribution in [1.82, 2.24) is 0 Å². The van der Waals surface area contributed by atoms with Gasteiger partial charge in [0.2, 0.25) is 0 Å². The first kappa shape index (κ1) is 10.4. The largest absolute Gasteiger partial charge is 0.143 e. The molecular formula is C12H16S. The number of thiol groups is 1. The minimum Gasteiger partial charge on any atom is -0.143 e. The summed E-state index contributed by atoms with van der Waals surface area (Å²) in [5.74, 6) is 0. The Bertz CT molecular complexity index is 300. The molecule has 0 aliphatic carbocycles. The standard InChI is InChI=1S/C12H16S/c1-3-4-5-6-11-7-8-12(13)10(2)9-11/h5-9,13H,3-4H2,1-2H3/b6-5+. The monoisotopic (exact) mass is 192 g/mol. The molecule has 0 nitrogen and oxygen atoms in total. The van der Waals surface area contributed by atoms with Gasteiger partial charge in [0.05, 0.1) is 0 Å². The Kier molecular flexibility index (Phi) is 4.10. The van der Waals surface area contributed by atoms with Crippen molar-refractivity contribution in [1.29, 1.82) is 0 Å². The molecule has 0 atom stereocenters. The van der Waals surface area contributed by atoms with E-state index >= 15 is 0 Å². The lowest BCUT2D eigenvalue weighted by Crippen LogP contribution is -1.78. The fourth-order valence-electron chi connectivity index (χ4n) is 1.17. The van der Waals surface area contributed by atoms with Crippen LogP contribution in [-0.4, -0.2) is 0 Å². The summed E-state index contributed by atoms with van der Waals surface area (Å²) >= 11 is 4.33. The average molecular weight is 192 g/mol. The molecule has 0 saturated heterocycles. The van der Waals surface area contributed by atoms with Gasteiger partial charge in [-0.25, -0.2) is 0 Å². The molecule has 1 rings (SSSR count). The van der Waals surface area contributed by atoms with Crippen molar-refractivity contribution in [3.05, 3.63) is 35.4 Å². The molecule has 0 unspecified atom stereocenters. The van der Waals surface area contributed by atoms with E-state index in [0.717, 1.165) is 11.3 Å². The van der Waals surface area contributed by atoms with Crippen molar-refractivity contribution >= 4 is 18.7 Å². The molecule has 1 aromatic carbocycles. The summed E-state index contributed by atoms with van der Waals surface area (Å²) in [6.45, 7) is 4.27. The lowest BCUT2D eigenvalue weighted by Gasteiger charge is -1.99. The first-order valence-corrected chi connectivity index (χ1v) is 5.15. The summed E-state index contributed by atoms with van der Waals surface area (Å²) in [4.78, 5) is 1.06. The lowest BCUT2D eigenvalue weighted by molar-refractivity contribution is 0.962. The Balaban J connectivity index is 2.73. The zero-order valence-corrected chi connectivity index (χ0v) is 9.14. The second-order valence-electron chi connectivity index (χ2n) is 3.24. The Labute approximate surface area is 86.1 Å². The van der Waals surface area contributed by atoms with Crippen molar-refractivity contribution < 1.29 is 0 Å². The van der Waals surface area contributed by atoms with Gasteiger partial charge in [-0.3, -0.25) is 0 Å². The highest BCUT2D eigenvalue weighted by Crippen LogP contribution is 2.15. The van der Waals surface area contributed by atoms with Gasteiger partial charge in [0.25, 0.3) is 0 Å². The van der Waals surface area contributed by atoms with Crippen molar-refractivity contribution in [2.45, 2.75) is 31.6 Å². The lowest BCUT2D eigenvalue weighted by atomic mass is 10.1. The first-order chi connectivity index (χ1) is 6.24. The number of hydrogen-bond acceptors (Lipinski definition) is 1. The molecule has 0 aliphatic heterocycles. The molecule has 70 valence electrons. The third kappa shape index (κ3) is 3.27. The molecule has 13 heavy (non-hydrogen) atoms. The molecule has 0 heterocycles. The summed E-state index contributed by atoms with van der Waals surface area (Å²) in [7, 11) is 0. The smallest absolute Gasteiger partial charge is 0.00696 e. The Morgan fingerprint density at radius 3 is 2.77 bits per heavy atom. The van der Waals surface area contributed by atoms with Gasteiger partial charge in [0, 0.05) is 4.90 Å². The van der Waals surface area contributed by atoms with E-state index in [1.807, 2.05) is 6.07 Å². The molecule has 1 heteroatoms. The van der Waals surface area contributed by atoms with E-state index in [2.05, 4.69) is 50.8 Å². The number of aryl methyl sites for hydroxylation is 1. The maximum absolute atomic E-state index is 4.33.